The number of unbranched alkanes of at least 4 members (excludes halogenated alkanes) is 1. The molecule has 1 N–H and O–H groups in total. The Morgan fingerprint density at radius 2 is 2.00 bits per heavy atom. The van der Waals surface area contributed by atoms with Crippen molar-refractivity contribution in [2.24, 2.45) is 0 Å². The van der Waals surface area contributed by atoms with Crippen molar-refractivity contribution in [1.82, 2.24) is 0 Å². The maximum absolute atomic E-state index is 12.5. The van der Waals surface area contributed by atoms with Crippen LogP contribution in [0.2, 0.25) is 0 Å². The lowest BCUT2D eigenvalue weighted by Crippen LogP contribution is -2.25. The molecule has 0 aliphatic carbocycles. The highest BCUT2D eigenvalue weighted by atomic mass is 79.9. The van der Waals surface area contributed by atoms with Gasteiger partial charge in [-0.3, -0.25) is 9.69 Å². The smallest absolute Gasteiger partial charge is 0.260 e. The second kappa shape index (κ2) is 6.06. The molecule has 1 heterocycles. The average molecular weight is 322 g/mol. The van der Waals surface area contributed by atoms with Gasteiger partial charge in [0.1, 0.15) is 6.26 Å². The minimum Gasteiger partial charge on any atom is -0.513 e. The molecule has 0 bridgehead atoms. The summed E-state index contributed by atoms with van der Waals surface area (Å²) in [6, 6.07) is 9.34. The van der Waals surface area contributed by atoms with Gasteiger partial charge < -0.3 is 5.11 Å². The summed E-state index contributed by atoms with van der Waals surface area (Å²) in [5.41, 5.74) is 1.99. The maximum Gasteiger partial charge on any atom is 0.260 e. The first-order chi connectivity index (χ1) is 9.20. The average Bonchev–Trinajstić information content (AvgIpc) is 2.68. The molecule has 1 aromatic rings. The number of hydrogen-bond donors (Lipinski definition) is 1. The van der Waals surface area contributed by atoms with Gasteiger partial charge >= 0.3 is 0 Å². The zero-order valence-electron chi connectivity index (χ0n) is 10.8. The Balaban J connectivity index is 2.37. The number of amides is 1. The first-order valence-electron chi connectivity index (χ1n) is 6.33. The third-order valence-corrected chi connectivity index (χ3v) is 3.99. The van der Waals surface area contributed by atoms with Crippen molar-refractivity contribution in [2.45, 2.75) is 26.2 Å². The van der Waals surface area contributed by atoms with E-state index >= 15 is 0 Å². The van der Waals surface area contributed by atoms with Crippen LogP contribution in [0, 0.1) is 0 Å². The summed E-state index contributed by atoms with van der Waals surface area (Å²) in [6.45, 7) is 2.09. The summed E-state index contributed by atoms with van der Waals surface area (Å²) in [7, 11) is 0. The van der Waals surface area contributed by atoms with Crippen LogP contribution in [0.3, 0.4) is 0 Å². The van der Waals surface area contributed by atoms with Crippen molar-refractivity contribution >= 4 is 27.5 Å². The number of aliphatic hydroxyl groups is 1. The summed E-state index contributed by atoms with van der Waals surface area (Å²) in [6.07, 6.45) is 3.68. The maximum atomic E-state index is 12.5. The van der Waals surface area contributed by atoms with Crippen LogP contribution in [0.4, 0.5) is 5.69 Å². The van der Waals surface area contributed by atoms with E-state index in [-0.39, 0.29) is 5.91 Å². The number of benzene rings is 1. The summed E-state index contributed by atoms with van der Waals surface area (Å²) in [5.74, 6) is -0.0631. The third-order valence-electron chi connectivity index (χ3n) is 3.11. The summed E-state index contributed by atoms with van der Waals surface area (Å²) < 4.78 is 0.692. The standard InChI is InChI=1S/C15H16BrNO2/c1-2-3-9-12-14(16)13(10-18)17(15(12)19)11-7-5-4-6-8-11/h4-8,10,18H,2-3,9H2,1H3/b13-10-. The number of rotatable bonds is 4. The van der Waals surface area contributed by atoms with Crippen molar-refractivity contribution < 1.29 is 9.90 Å². The summed E-state index contributed by atoms with van der Waals surface area (Å²) in [4.78, 5) is 14.0. The van der Waals surface area contributed by atoms with E-state index in [0.29, 0.717) is 10.2 Å². The second-order valence-corrected chi connectivity index (χ2v) is 5.18. The van der Waals surface area contributed by atoms with E-state index in [1.165, 1.54) is 4.90 Å². The molecule has 3 nitrogen and oxygen atoms in total. The molecule has 0 saturated heterocycles. The Bertz CT molecular complexity index is 534. The predicted molar refractivity (Wildman–Crippen MR) is 80.1 cm³/mol. The zero-order valence-corrected chi connectivity index (χ0v) is 12.4. The van der Waals surface area contributed by atoms with Gasteiger partial charge in [0.15, 0.2) is 0 Å². The van der Waals surface area contributed by atoms with Crippen LogP contribution in [-0.2, 0) is 4.79 Å². The zero-order chi connectivity index (χ0) is 13.8. The van der Waals surface area contributed by atoms with Crippen LogP contribution in [0.25, 0.3) is 0 Å². The highest BCUT2D eigenvalue weighted by Gasteiger charge is 2.34. The van der Waals surface area contributed by atoms with Crippen LogP contribution in [0.5, 0.6) is 0 Å². The topological polar surface area (TPSA) is 40.5 Å². The van der Waals surface area contributed by atoms with Crippen molar-refractivity contribution in [3.05, 3.63) is 52.3 Å². The largest absolute Gasteiger partial charge is 0.513 e. The Labute approximate surface area is 121 Å². The molecule has 1 aliphatic heterocycles. The van der Waals surface area contributed by atoms with Gasteiger partial charge in [-0.25, -0.2) is 0 Å². The lowest BCUT2D eigenvalue weighted by atomic mass is 10.1. The van der Waals surface area contributed by atoms with Crippen molar-refractivity contribution in [1.29, 1.82) is 0 Å². The SMILES string of the molecule is CCCCC1=C(Br)/C(=C/O)N(c2ccccc2)C1=O. The molecular formula is C15H16BrNO2. The van der Waals surface area contributed by atoms with Gasteiger partial charge in [-0.15, -0.1) is 0 Å². The normalized spacial score (nSPS) is 17.7. The molecule has 1 aromatic carbocycles. The third kappa shape index (κ3) is 2.59. The van der Waals surface area contributed by atoms with Crippen LogP contribution in [0.1, 0.15) is 26.2 Å². The molecule has 0 fully saturated rings. The number of hydrogen-bond acceptors (Lipinski definition) is 2. The first-order valence-corrected chi connectivity index (χ1v) is 7.13. The predicted octanol–water partition coefficient (Wildman–Crippen LogP) is 4.27. The van der Waals surface area contributed by atoms with Gasteiger partial charge in [0.05, 0.1) is 10.2 Å². The molecule has 0 unspecified atom stereocenters. The molecule has 0 saturated carbocycles. The molecule has 2 rings (SSSR count). The quantitative estimate of drug-likeness (QED) is 0.841. The number of allylic oxidation sites excluding steroid dienone is 1. The Kier molecular flexibility index (Phi) is 4.43. The molecule has 19 heavy (non-hydrogen) atoms. The number of para-hydroxylation sites is 1. The Morgan fingerprint density at radius 1 is 1.32 bits per heavy atom. The molecule has 0 atom stereocenters. The van der Waals surface area contributed by atoms with Gasteiger partial charge in [-0.1, -0.05) is 31.5 Å². The molecule has 100 valence electrons. The number of carbonyl (C=O) groups excluding carboxylic acids is 1. The summed E-state index contributed by atoms with van der Waals surface area (Å²) >= 11 is 3.43. The van der Waals surface area contributed by atoms with Crippen molar-refractivity contribution in [2.75, 3.05) is 4.90 Å². The molecule has 0 spiro atoms. The first kappa shape index (κ1) is 13.9. The lowest BCUT2D eigenvalue weighted by molar-refractivity contribution is -0.114. The number of nitrogens with zero attached hydrogens (tertiary/aromatic N) is 1. The highest BCUT2D eigenvalue weighted by molar-refractivity contribution is 9.12. The van der Waals surface area contributed by atoms with Gasteiger partial charge in [0.2, 0.25) is 0 Å². The highest BCUT2D eigenvalue weighted by Crippen LogP contribution is 2.38. The van der Waals surface area contributed by atoms with Crippen molar-refractivity contribution in [3.63, 3.8) is 0 Å². The van der Waals surface area contributed by atoms with Crippen LogP contribution >= 0.6 is 15.9 Å². The fraction of sp³-hybridized carbons (Fsp3) is 0.267. The van der Waals surface area contributed by atoms with Crippen LogP contribution in [0.15, 0.2) is 52.3 Å². The lowest BCUT2D eigenvalue weighted by Gasteiger charge is -2.18. The number of halogens is 1. The molecule has 0 radical (unpaired) electrons. The molecule has 1 aliphatic rings. The molecule has 1 amide bonds. The number of carbonyl (C=O) groups is 1. The number of anilines is 1. The van der Waals surface area contributed by atoms with E-state index in [0.717, 1.165) is 36.8 Å². The van der Waals surface area contributed by atoms with E-state index in [1.54, 1.807) is 0 Å². The molecular weight excluding hydrogens is 306 g/mol. The van der Waals surface area contributed by atoms with Gasteiger partial charge in [0, 0.05) is 11.3 Å². The van der Waals surface area contributed by atoms with E-state index in [9.17, 15) is 9.90 Å². The Morgan fingerprint density at radius 3 is 2.58 bits per heavy atom. The number of aliphatic hydroxyl groups excluding tert-OH is 1. The van der Waals surface area contributed by atoms with E-state index < -0.39 is 0 Å². The minimum atomic E-state index is -0.0631. The van der Waals surface area contributed by atoms with Crippen LogP contribution < -0.4 is 4.90 Å². The van der Waals surface area contributed by atoms with Gasteiger partial charge in [-0.2, -0.15) is 0 Å². The fourth-order valence-corrected chi connectivity index (χ4v) is 2.76. The van der Waals surface area contributed by atoms with Crippen LogP contribution in [-0.4, -0.2) is 11.0 Å². The molecule has 0 aromatic heterocycles. The minimum absolute atomic E-state index is 0.0631. The van der Waals surface area contributed by atoms with E-state index in [2.05, 4.69) is 22.9 Å². The van der Waals surface area contributed by atoms with E-state index in [1.807, 2.05) is 30.3 Å². The second-order valence-electron chi connectivity index (χ2n) is 4.39. The fourth-order valence-electron chi connectivity index (χ4n) is 2.11. The van der Waals surface area contributed by atoms with E-state index in [4.69, 9.17) is 0 Å². The van der Waals surface area contributed by atoms with Gasteiger partial charge in [0.25, 0.3) is 5.91 Å². The monoisotopic (exact) mass is 321 g/mol. The van der Waals surface area contributed by atoms with Gasteiger partial charge in [-0.05, 0) is 40.9 Å². The Hall–Kier alpha value is -1.55. The van der Waals surface area contributed by atoms with Crippen molar-refractivity contribution in [3.8, 4) is 0 Å². The summed E-state index contributed by atoms with van der Waals surface area (Å²) in [5, 5.41) is 9.41. The molecule has 4 heteroatoms.